The van der Waals surface area contributed by atoms with Crippen LogP contribution in [0.25, 0.3) is 0 Å². The van der Waals surface area contributed by atoms with Crippen molar-refractivity contribution in [2.45, 2.75) is 6.54 Å². The Balaban J connectivity index is 1.90. The molecule has 1 aliphatic rings. The van der Waals surface area contributed by atoms with Crippen molar-refractivity contribution < 1.29 is 9.53 Å². The van der Waals surface area contributed by atoms with E-state index in [1.165, 1.54) is 0 Å². The van der Waals surface area contributed by atoms with Crippen LogP contribution in [0.2, 0.25) is 0 Å². The molecule has 0 unspecified atom stereocenters. The van der Waals surface area contributed by atoms with Gasteiger partial charge >= 0.3 is 0 Å². The lowest BCUT2D eigenvalue weighted by atomic mass is 10.1. The van der Waals surface area contributed by atoms with E-state index in [0.717, 1.165) is 5.56 Å². The van der Waals surface area contributed by atoms with Crippen molar-refractivity contribution in [3.8, 4) is 11.8 Å². The van der Waals surface area contributed by atoms with Gasteiger partial charge in [0.15, 0.2) is 0 Å². The van der Waals surface area contributed by atoms with Crippen molar-refractivity contribution in [3.05, 3.63) is 59.4 Å². The Hall–Kier alpha value is -2.87. The Labute approximate surface area is 122 Å². The van der Waals surface area contributed by atoms with Crippen LogP contribution in [0.1, 0.15) is 21.6 Å². The summed E-state index contributed by atoms with van der Waals surface area (Å²) < 4.78 is 5.60. The third kappa shape index (κ3) is 2.56. The first-order chi connectivity index (χ1) is 10.3. The lowest BCUT2D eigenvalue weighted by Gasteiger charge is -2.20. The zero-order valence-corrected chi connectivity index (χ0v) is 11.3. The molecule has 0 N–H and O–H groups in total. The van der Waals surface area contributed by atoms with Crippen molar-refractivity contribution in [2.75, 3.05) is 13.2 Å². The summed E-state index contributed by atoms with van der Waals surface area (Å²) in [5.74, 6) is 0.521. The van der Waals surface area contributed by atoms with Gasteiger partial charge in [-0.15, -0.1) is 0 Å². The Morgan fingerprint density at radius 2 is 2.14 bits per heavy atom. The van der Waals surface area contributed by atoms with Gasteiger partial charge in [-0.25, -0.2) is 4.98 Å². The van der Waals surface area contributed by atoms with Crippen LogP contribution in [0.3, 0.4) is 0 Å². The van der Waals surface area contributed by atoms with E-state index in [2.05, 4.69) is 11.1 Å². The second-order valence-electron chi connectivity index (χ2n) is 4.69. The van der Waals surface area contributed by atoms with Gasteiger partial charge in [0.25, 0.3) is 5.91 Å². The molecule has 5 heteroatoms. The number of para-hydroxylation sites is 1. The molecular weight excluding hydrogens is 266 g/mol. The number of pyridine rings is 1. The summed E-state index contributed by atoms with van der Waals surface area (Å²) in [6, 6.07) is 12.8. The minimum atomic E-state index is -0.0872. The fourth-order valence-electron chi connectivity index (χ4n) is 2.33. The minimum Gasteiger partial charge on any atom is -0.491 e. The molecule has 0 aliphatic carbocycles. The van der Waals surface area contributed by atoms with E-state index in [1.54, 1.807) is 29.3 Å². The van der Waals surface area contributed by atoms with Crippen LogP contribution in [-0.2, 0) is 6.54 Å². The number of nitrogens with zero attached hydrogens (tertiary/aromatic N) is 3. The molecule has 0 bridgehead atoms. The molecule has 5 nitrogen and oxygen atoms in total. The van der Waals surface area contributed by atoms with Gasteiger partial charge in [-0.3, -0.25) is 4.79 Å². The van der Waals surface area contributed by atoms with Gasteiger partial charge in [-0.05, 0) is 18.2 Å². The Morgan fingerprint density at radius 1 is 1.29 bits per heavy atom. The number of aromatic nitrogens is 1. The second kappa shape index (κ2) is 5.63. The van der Waals surface area contributed by atoms with Crippen molar-refractivity contribution in [1.29, 1.82) is 5.26 Å². The molecule has 3 rings (SSSR count). The number of benzene rings is 1. The summed E-state index contributed by atoms with van der Waals surface area (Å²) in [5.41, 5.74) is 1.65. The maximum Gasteiger partial charge on any atom is 0.258 e. The minimum absolute atomic E-state index is 0.0872. The average Bonchev–Trinajstić information content (AvgIpc) is 2.68. The van der Waals surface area contributed by atoms with E-state index < -0.39 is 0 Å². The number of hydrogen-bond donors (Lipinski definition) is 0. The standard InChI is InChI=1S/C16H13N3O2/c17-10-14-12(4-3-7-18-14)11-19-8-9-21-15-6-2-1-5-13(15)16(19)20/h1-7H,8-9,11H2. The molecule has 1 aromatic carbocycles. The van der Waals surface area contributed by atoms with Crippen LogP contribution < -0.4 is 4.74 Å². The highest BCUT2D eigenvalue weighted by molar-refractivity contribution is 5.97. The number of carbonyl (C=O) groups excluding carboxylic acids is 1. The number of rotatable bonds is 2. The molecule has 1 amide bonds. The van der Waals surface area contributed by atoms with E-state index in [0.29, 0.717) is 36.7 Å². The number of carbonyl (C=O) groups is 1. The smallest absolute Gasteiger partial charge is 0.258 e. The fraction of sp³-hybridized carbons (Fsp3) is 0.188. The number of nitriles is 1. The predicted molar refractivity (Wildman–Crippen MR) is 75.6 cm³/mol. The van der Waals surface area contributed by atoms with Gasteiger partial charge in [0, 0.05) is 18.3 Å². The largest absolute Gasteiger partial charge is 0.491 e. The highest BCUT2D eigenvalue weighted by atomic mass is 16.5. The topological polar surface area (TPSA) is 66.2 Å². The summed E-state index contributed by atoms with van der Waals surface area (Å²) >= 11 is 0. The molecule has 21 heavy (non-hydrogen) atoms. The van der Waals surface area contributed by atoms with Gasteiger partial charge in [0.1, 0.15) is 24.1 Å². The highest BCUT2D eigenvalue weighted by Gasteiger charge is 2.23. The summed E-state index contributed by atoms with van der Waals surface area (Å²) in [7, 11) is 0. The number of hydrogen-bond acceptors (Lipinski definition) is 4. The molecule has 0 saturated heterocycles. The van der Waals surface area contributed by atoms with Crippen molar-refractivity contribution in [1.82, 2.24) is 9.88 Å². The van der Waals surface area contributed by atoms with Gasteiger partial charge in [0.2, 0.25) is 0 Å². The van der Waals surface area contributed by atoms with Crippen LogP contribution in [0, 0.1) is 11.3 Å². The van der Waals surface area contributed by atoms with Crippen molar-refractivity contribution >= 4 is 5.91 Å². The van der Waals surface area contributed by atoms with Gasteiger partial charge in [-0.1, -0.05) is 18.2 Å². The van der Waals surface area contributed by atoms with E-state index in [-0.39, 0.29) is 5.91 Å². The van der Waals surface area contributed by atoms with Crippen LogP contribution in [0.15, 0.2) is 42.6 Å². The Kier molecular flexibility index (Phi) is 3.52. The lowest BCUT2D eigenvalue weighted by molar-refractivity contribution is 0.0742. The molecular formula is C16H13N3O2. The SMILES string of the molecule is N#Cc1ncccc1CN1CCOc2ccccc2C1=O. The number of fused-ring (bicyclic) bond motifs is 1. The first kappa shape index (κ1) is 13.1. The first-order valence-electron chi connectivity index (χ1n) is 6.64. The first-order valence-corrected chi connectivity index (χ1v) is 6.64. The zero-order valence-electron chi connectivity index (χ0n) is 11.3. The number of ether oxygens (including phenoxy) is 1. The Morgan fingerprint density at radius 3 is 3.00 bits per heavy atom. The van der Waals surface area contributed by atoms with Crippen molar-refractivity contribution in [3.63, 3.8) is 0 Å². The van der Waals surface area contributed by atoms with Crippen molar-refractivity contribution in [2.24, 2.45) is 0 Å². The highest BCUT2D eigenvalue weighted by Crippen LogP contribution is 2.23. The number of amides is 1. The molecule has 0 saturated carbocycles. The molecule has 0 spiro atoms. The second-order valence-corrected chi connectivity index (χ2v) is 4.69. The zero-order chi connectivity index (χ0) is 14.7. The Bertz CT molecular complexity index is 721. The molecule has 1 aromatic heterocycles. The van der Waals surface area contributed by atoms with E-state index in [1.807, 2.05) is 18.2 Å². The maximum atomic E-state index is 12.6. The van der Waals surface area contributed by atoms with Gasteiger partial charge < -0.3 is 9.64 Å². The van der Waals surface area contributed by atoms with Crippen LogP contribution in [0.5, 0.6) is 5.75 Å². The summed E-state index contributed by atoms with van der Waals surface area (Å²) in [4.78, 5) is 18.3. The molecule has 0 atom stereocenters. The van der Waals surface area contributed by atoms with Gasteiger partial charge in [0.05, 0.1) is 12.1 Å². The van der Waals surface area contributed by atoms with E-state index in [4.69, 9.17) is 10.00 Å². The molecule has 2 heterocycles. The summed E-state index contributed by atoms with van der Waals surface area (Å²) in [6.45, 7) is 1.27. The quantitative estimate of drug-likeness (QED) is 0.843. The van der Waals surface area contributed by atoms with E-state index in [9.17, 15) is 4.79 Å². The maximum absolute atomic E-state index is 12.6. The normalized spacial score (nSPS) is 13.9. The summed E-state index contributed by atoms with van der Waals surface area (Å²) in [6.07, 6.45) is 1.57. The third-order valence-electron chi connectivity index (χ3n) is 3.38. The summed E-state index contributed by atoms with van der Waals surface area (Å²) in [5, 5.41) is 9.09. The fourth-order valence-corrected chi connectivity index (χ4v) is 2.33. The van der Waals surface area contributed by atoms with E-state index >= 15 is 0 Å². The van der Waals surface area contributed by atoms with Crippen LogP contribution in [-0.4, -0.2) is 28.9 Å². The average molecular weight is 279 g/mol. The lowest BCUT2D eigenvalue weighted by Crippen LogP contribution is -2.32. The molecule has 0 fully saturated rings. The molecule has 0 radical (unpaired) electrons. The molecule has 2 aromatic rings. The monoisotopic (exact) mass is 279 g/mol. The van der Waals surface area contributed by atoms with Gasteiger partial charge in [-0.2, -0.15) is 5.26 Å². The molecule has 1 aliphatic heterocycles. The third-order valence-corrected chi connectivity index (χ3v) is 3.38. The molecule has 104 valence electrons. The predicted octanol–water partition coefficient (Wildman–Crippen LogP) is 1.99. The van der Waals surface area contributed by atoms with Crippen LogP contribution >= 0.6 is 0 Å². The van der Waals surface area contributed by atoms with Crippen LogP contribution in [0.4, 0.5) is 0 Å².